The van der Waals surface area contributed by atoms with Gasteiger partial charge < -0.3 is 19.5 Å². The Morgan fingerprint density at radius 2 is 1.90 bits per heavy atom. The Labute approximate surface area is 182 Å². The number of ether oxygens (including phenoxy) is 3. The van der Waals surface area contributed by atoms with Gasteiger partial charge in [0, 0.05) is 30.9 Å². The van der Waals surface area contributed by atoms with E-state index in [-0.39, 0.29) is 12.7 Å². The van der Waals surface area contributed by atoms with E-state index < -0.39 is 0 Å². The third kappa shape index (κ3) is 5.53. The maximum atomic E-state index is 12.9. The summed E-state index contributed by atoms with van der Waals surface area (Å²) in [7, 11) is 0. The second kappa shape index (κ2) is 10.3. The zero-order valence-electron chi connectivity index (χ0n) is 17.7. The van der Waals surface area contributed by atoms with Gasteiger partial charge in [0.05, 0.1) is 19.8 Å². The molecule has 164 valence electrons. The van der Waals surface area contributed by atoms with E-state index in [4.69, 9.17) is 14.2 Å². The number of rotatable bonds is 6. The highest BCUT2D eigenvalue weighted by atomic mass is 16.7. The monoisotopic (exact) mass is 424 g/mol. The van der Waals surface area contributed by atoms with Crippen LogP contribution in [0.5, 0.6) is 11.5 Å². The van der Waals surface area contributed by atoms with Crippen molar-refractivity contribution in [1.29, 1.82) is 0 Å². The Morgan fingerprint density at radius 1 is 1.10 bits per heavy atom. The Kier molecular flexibility index (Phi) is 7.01. The van der Waals surface area contributed by atoms with Gasteiger partial charge in [-0.05, 0) is 36.2 Å². The lowest BCUT2D eigenvalue weighted by Crippen LogP contribution is -2.39. The van der Waals surface area contributed by atoms with Gasteiger partial charge >= 0.3 is 0 Å². The predicted molar refractivity (Wildman–Crippen MR) is 119 cm³/mol. The van der Waals surface area contributed by atoms with Crippen molar-refractivity contribution in [2.45, 2.75) is 13.3 Å². The number of aliphatic imine (C=N–C) groups is 1. The fourth-order valence-corrected chi connectivity index (χ4v) is 3.53. The van der Waals surface area contributed by atoms with E-state index in [1.807, 2.05) is 18.2 Å². The summed E-state index contributed by atoms with van der Waals surface area (Å²) in [5.41, 5.74) is 2.57. The number of morpholine rings is 1. The van der Waals surface area contributed by atoms with Crippen molar-refractivity contribution in [1.82, 2.24) is 10.2 Å². The van der Waals surface area contributed by atoms with Gasteiger partial charge in [-0.2, -0.15) is 0 Å². The quantitative estimate of drug-likeness (QED) is 0.548. The molecule has 0 radical (unpaired) electrons. The number of fused-ring (bicyclic) bond motifs is 1. The molecule has 0 aliphatic carbocycles. The number of carbonyl (C=O) groups excluding carboxylic acids is 1. The van der Waals surface area contributed by atoms with Gasteiger partial charge in [-0.1, -0.05) is 25.1 Å². The maximum absolute atomic E-state index is 12.9. The van der Waals surface area contributed by atoms with Crippen LogP contribution >= 0.6 is 0 Å². The van der Waals surface area contributed by atoms with E-state index >= 15 is 0 Å². The van der Waals surface area contributed by atoms with Crippen LogP contribution < -0.4 is 20.1 Å². The van der Waals surface area contributed by atoms with Crippen LogP contribution in [0, 0.1) is 0 Å². The average molecular weight is 425 g/mol. The smallest absolute Gasteiger partial charge is 0.258 e. The number of aryl methyl sites for hydroxylation is 1. The van der Waals surface area contributed by atoms with Gasteiger partial charge in [0.1, 0.15) is 0 Å². The summed E-state index contributed by atoms with van der Waals surface area (Å²) in [5, 5.41) is 6.23. The molecular formula is C23H28N4O4. The number of nitrogens with zero attached hydrogens (tertiary/aromatic N) is 2. The molecule has 0 atom stereocenters. The summed E-state index contributed by atoms with van der Waals surface area (Å²) >= 11 is 0. The summed E-state index contributed by atoms with van der Waals surface area (Å²) in [5.74, 6) is 1.38. The second-order valence-corrected chi connectivity index (χ2v) is 7.34. The minimum atomic E-state index is -0.259. The number of amides is 1. The van der Waals surface area contributed by atoms with Gasteiger partial charge in [0.2, 0.25) is 12.8 Å². The van der Waals surface area contributed by atoms with Crippen LogP contribution in [0.3, 0.4) is 0 Å². The molecule has 4 rings (SSSR count). The van der Waals surface area contributed by atoms with Crippen molar-refractivity contribution in [3.8, 4) is 11.5 Å². The molecular weight excluding hydrogens is 396 g/mol. The van der Waals surface area contributed by atoms with Crippen LogP contribution in [0.25, 0.3) is 0 Å². The Bertz CT molecular complexity index is 941. The fourth-order valence-electron chi connectivity index (χ4n) is 3.53. The number of para-hydroxylation sites is 1. The number of anilines is 1. The van der Waals surface area contributed by atoms with Crippen molar-refractivity contribution in [2.75, 3.05) is 51.5 Å². The first-order chi connectivity index (χ1) is 15.2. The number of carbonyl (C=O) groups is 1. The molecule has 8 heteroatoms. The van der Waals surface area contributed by atoms with Crippen molar-refractivity contribution in [3.63, 3.8) is 0 Å². The molecule has 2 aromatic rings. The van der Waals surface area contributed by atoms with Crippen LogP contribution in [0.15, 0.2) is 47.5 Å². The molecule has 0 aromatic heterocycles. The van der Waals surface area contributed by atoms with Gasteiger partial charge in [0.15, 0.2) is 11.5 Å². The highest BCUT2D eigenvalue weighted by molar-refractivity contribution is 6.10. The maximum Gasteiger partial charge on any atom is 0.258 e. The van der Waals surface area contributed by atoms with Crippen molar-refractivity contribution in [2.24, 2.45) is 4.99 Å². The first-order valence-electron chi connectivity index (χ1n) is 10.6. The molecule has 0 spiro atoms. The van der Waals surface area contributed by atoms with E-state index in [0.29, 0.717) is 29.6 Å². The minimum absolute atomic E-state index is 0.171. The molecule has 2 N–H and O–H groups in total. The van der Waals surface area contributed by atoms with Gasteiger partial charge in [-0.25, -0.2) is 0 Å². The average Bonchev–Trinajstić information content (AvgIpc) is 3.28. The summed E-state index contributed by atoms with van der Waals surface area (Å²) in [4.78, 5) is 19.9. The lowest BCUT2D eigenvalue weighted by atomic mass is 10.1. The third-order valence-corrected chi connectivity index (χ3v) is 5.31. The third-order valence-electron chi connectivity index (χ3n) is 5.31. The summed E-state index contributed by atoms with van der Waals surface area (Å²) < 4.78 is 16.1. The topological polar surface area (TPSA) is 84.4 Å². The van der Waals surface area contributed by atoms with Crippen LogP contribution in [-0.4, -0.2) is 63.0 Å². The highest BCUT2D eigenvalue weighted by Crippen LogP contribution is 2.32. The molecule has 2 aliphatic heterocycles. The van der Waals surface area contributed by atoms with Gasteiger partial charge in [-0.3, -0.25) is 20.0 Å². The lowest BCUT2D eigenvalue weighted by Gasteiger charge is -2.25. The Morgan fingerprint density at radius 3 is 2.74 bits per heavy atom. The number of hydrogen-bond acceptors (Lipinski definition) is 6. The van der Waals surface area contributed by atoms with Crippen molar-refractivity contribution in [3.05, 3.63) is 53.6 Å². The minimum Gasteiger partial charge on any atom is -0.454 e. The summed E-state index contributed by atoms with van der Waals surface area (Å²) in [6.45, 7) is 6.95. The van der Waals surface area contributed by atoms with Crippen molar-refractivity contribution >= 4 is 17.6 Å². The van der Waals surface area contributed by atoms with Crippen molar-refractivity contribution < 1.29 is 19.0 Å². The molecule has 8 nitrogen and oxygen atoms in total. The first-order valence-corrected chi connectivity index (χ1v) is 10.6. The molecule has 2 heterocycles. The lowest BCUT2D eigenvalue weighted by molar-refractivity contribution is 0.0394. The summed E-state index contributed by atoms with van der Waals surface area (Å²) in [6.07, 6.45) is 0.875. The Balaban J connectivity index is 1.48. The highest BCUT2D eigenvalue weighted by Gasteiger charge is 2.18. The number of hydrogen-bond donors (Lipinski definition) is 2. The number of benzene rings is 2. The first kappa shape index (κ1) is 21.1. The molecule has 0 saturated carbocycles. The van der Waals surface area contributed by atoms with Crippen LogP contribution in [0.4, 0.5) is 5.69 Å². The van der Waals surface area contributed by atoms with Gasteiger partial charge in [-0.15, -0.1) is 0 Å². The summed E-state index contributed by atoms with van der Waals surface area (Å²) in [6, 6.07) is 13.2. The Hall–Kier alpha value is -3.10. The van der Waals surface area contributed by atoms with E-state index in [1.54, 1.807) is 18.2 Å². The largest absolute Gasteiger partial charge is 0.454 e. The van der Waals surface area contributed by atoms with E-state index in [0.717, 1.165) is 50.5 Å². The molecule has 1 amide bonds. The molecule has 0 bridgehead atoms. The predicted octanol–water partition coefficient (Wildman–Crippen LogP) is 2.51. The van der Waals surface area contributed by atoms with Gasteiger partial charge in [0.25, 0.3) is 5.91 Å². The molecule has 31 heavy (non-hydrogen) atoms. The molecule has 2 aliphatic rings. The fraction of sp³-hybridized carbons (Fsp3) is 0.391. The van der Waals surface area contributed by atoms with Crippen LogP contribution in [0.1, 0.15) is 22.8 Å². The molecule has 2 aromatic carbocycles. The molecule has 1 fully saturated rings. The second-order valence-electron chi connectivity index (χ2n) is 7.34. The van der Waals surface area contributed by atoms with Crippen LogP contribution in [0.2, 0.25) is 0 Å². The molecule has 0 unspecified atom stereocenters. The SMILES string of the molecule is CCc1ccccc1NC(=NCCN1CCOCC1)NC(=O)c1ccc2c(c1)OCO2. The zero-order chi connectivity index (χ0) is 21.5. The normalized spacial score (nSPS) is 16.2. The molecule has 1 saturated heterocycles. The van der Waals surface area contributed by atoms with Crippen LogP contribution in [-0.2, 0) is 11.2 Å². The van der Waals surface area contributed by atoms with E-state index in [9.17, 15) is 4.79 Å². The number of nitrogens with one attached hydrogen (secondary N) is 2. The standard InChI is InChI=1S/C23H28N4O4/c1-2-17-5-3-4-6-19(17)25-23(24-9-10-27-11-13-29-14-12-27)26-22(28)18-7-8-20-21(15-18)31-16-30-20/h3-8,15H,2,9-14,16H2,1H3,(H2,24,25,26,28). The zero-order valence-corrected chi connectivity index (χ0v) is 17.7. The number of guanidine groups is 1. The van der Waals surface area contributed by atoms with E-state index in [1.165, 1.54) is 0 Å². The van der Waals surface area contributed by atoms with E-state index in [2.05, 4.69) is 33.5 Å².